The Bertz CT molecular complexity index is 749. The Morgan fingerprint density at radius 3 is 2.64 bits per heavy atom. The maximum Gasteiger partial charge on any atom is 0.252 e. The minimum atomic E-state index is 0. The molecule has 2 aromatic rings. The second-order valence-electron chi connectivity index (χ2n) is 6.89. The molecule has 4 rings (SSSR count). The predicted octanol–water partition coefficient (Wildman–Crippen LogP) is 3.81. The van der Waals surface area contributed by atoms with Crippen molar-refractivity contribution in [3.63, 3.8) is 0 Å². The molecule has 4 nitrogen and oxygen atoms in total. The molecule has 6 heteroatoms. The standard InChI is InChI=1S/C19H23N3O.2ClH/c20-11-13-4-3-7-16(13)22-19(23)15-10-18(12-8-9-12)21-17-6-2-1-5-14(15)17;;/h1-2,5-6,10,12-13,16H,3-4,7-9,11,20H2,(H,22,23);2*1H. The highest BCUT2D eigenvalue weighted by Crippen LogP contribution is 2.40. The molecule has 1 aromatic carbocycles. The number of nitrogens with two attached hydrogens (primary N) is 1. The van der Waals surface area contributed by atoms with Crippen molar-refractivity contribution in [3.8, 4) is 0 Å². The number of aromatic nitrogens is 1. The van der Waals surface area contributed by atoms with E-state index in [4.69, 9.17) is 10.7 Å². The monoisotopic (exact) mass is 381 g/mol. The number of hydrogen-bond donors (Lipinski definition) is 2. The highest BCUT2D eigenvalue weighted by molar-refractivity contribution is 6.06. The molecule has 2 aliphatic carbocycles. The minimum Gasteiger partial charge on any atom is -0.349 e. The first-order valence-electron chi connectivity index (χ1n) is 8.67. The van der Waals surface area contributed by atoms with Crippen LogP contribution in [-0.4, -0.2) is 23.5 Å². The van der Waals surface area contributed by atoms with E-state index in [2.05, 4.69) is 5.32 Å². The second kappa shape index (κ2) is 8.35. The van der Waals surface area contributed by atoms with Crippen LogP contribution in [0.1, 0.15) is 54.1 Å². The summed E-state index contributed by atoms with van der Waals surface area (Å²) in [5, 5.41) is 4.17. The number of benzene rings is 1. The summed E-state index contributed by atoms with van der Waals surface area (Å²) in [6, 6.07) is 10.1. The van der Waals surface area contributed by atoms with Crippen molar-refractivity contribution in [2.75, 3.05) is 6.54 Å². The zero-order valence-electron chi connectivity index (χ0n) is 14.1. The van der Waals surface area contributed by atoms with Gasteiger partial charge in [-0.05, 0) is 50.3 Å². The molecule has 0 aliphatic heterocycles. The second-order valence-corrected chi connectivity index (χ2v) is 6.89. The van der Waals surface area contributed by atoms with E-state index in [0.29, 0.717) is 18.4 Å². The molecule has 0 spiro atoms. The fourth-order valence-electron chi connectivity index (χ4n) is 3.73. The lowest BCUT2D eigenvalue weighted by Gasteiger charge is -2.20. The molecule has 0 radical (unpaired) electrons. The largest absolute Gasteiger partial charge is 0.349 e. The summed E-state index contributed by atoms with van der Waals surface area (Å²) in [7, 11) is 0. The van der Waals surface area contributed by atoms with Crippen molar-refractivity contribution >= 4 is 41.6 Å². The van der Waals surface area contributed by atoms with E-state index in [-0.39, 0.29) is 36.8 Å². The van der Waals surface area contributed by atoms with Crippen LogP contribution in [0, 0.1) is 5.92 Å². The molecular weight excluding hydrogens is 357 g/mol. The third-order valence-electron chi connectivity index (χ3n) is 5.25. The van der Waals surface area contributed by atoms with Crippen molar-refractivity contribution in [1.29, 1.82) is 0 Å². The third-order valence-corrected chi connectivity index (χ3v) is 5.25. The SMILES string of the molecule is Cl.Cl.NCC1CCCC1NC(=O)c1cc(C2CC2)nc2ccccc12. The number of carbonyl (C=O) groups excluding carboxylic acids is 1. The van der Waals surface area contributed by atoms with Crippen LogP contribution in [0.2, 0.25) is 0 Å². The number of pyridine rings is 1. The molecule has 1 heterocycles. The van der Waals surface area contributed by atoms with Crippen molar-refractivity contribution in [1.82, 2.24) is 10.3 Å². The average molecular weight is 382 g/mol. The number of nitrogens with one attached hydrogen (secondary N) is 1. The molecule has 0 saturated heterocycles. The van der Waals surface area contributed by atoms with Gasteiger partial charge >= 0.3 is 0 Å². The lowest BCUT2D eigenvalue weighted by Crippen LogP contribution is -2.40. The Hall–Kier alpha value is -1.36. The van der Waals surface area contributed by atoms with Gasteiger partial charge in [0.15, 0.2) is 0 Å². The van der Waals surface area contributed by atoms with Crippen LogP contribution in [0.3, 0.4) is 0 Å². The number of nitrogens with zero attached hydrogens (tertiary/aromatic N) is 1. The topological polar surface area (TPSA) is 68.0 Å². The van der Waals surface area contributed by atoms with Gasteiger partial charge in [0.25, 0.3) is 5.91 Å². The Morgan fingerprint density at radius 2 is 1.92 bits per heavy atom. The summed E-state index contributed by atoms with van der Waals surface area (Å²) >= 11 is 0. The lowest BCUT2D eigenvalue weighted by molar-refractivity contribution is 0.0930. The van der Waals surface area contributed by atoms with Crippen LogP contribution in [0.25, 0.3) is 10.9 Å². The Kier molecular flexibility index (Phi) is 6.66. The van der Waals surface area contributed by atoms with Gasteiger partial charge < -0.3 is 11.1 Å². The van der Waals surface area contributed by atoms with Gasteiger partial charge in [0.2, 0.25) is 0 Å². The molecular formula is C19H25Cl2N3O. The minimum absolute atomic E-state index is 0. The van der Waals surface area contributed by atoms with Crippen LogP contribution in [0.5, 0.6) is 0 Å². The maximum atomic E-state index is 12.9. The first-order chi connectivity index (χ1) is 11.3. The Labute approximate surface area is 160 Å². The molecule has 136 valence electrons. The van der Waals surface area contributed by atoms with Gasteiger partial charge in [-0.25, -0.2) is 0 Å². The van der Waals surface area contributed by atoms with Crippen molar-refractivity contribution in [2.45, 2.75) is 44.1 Å². The maximum absolute atomic E-state index is 12.9. The van der Waals surface area contributed by atoms with Gasteiger partial charge in [0, 0.05) is 23.0 Å². The van der Waals surface area contributed by atoms with Gasteiger partial charge in [-0.2, -0.15) is 0 Å². The van der Waals surface area contributed by atoms with E-state index in [1.165, 1.54) is 12.8 Å². The van der Waals surface area contributed by atoms with Crippen LogP contribution in [0.15, 0.2) is 30.3 Å². The molecule has 2 aliphatic rings. The highest BCUT2D eigenvalue weighted by Gasteiger charge is 2.30. The number of carbonyl (C=O) groups is 1. The summed E-state index contributed by atoms with van der Waals surface area (Å²) in [5.74, 6) is 0.972. The molecule has 25 heavy (non-hydrogen) atoms. The van der Waals surface area contributed by atoms with E-state index in [9.17, 15) is 4.79 Å². The highest BCUT2D eigenvalue weighted by atomic mass is 35.5. The summed E-state index contributed by atoms with van der Waals surface area (Å²) in [6.45, 7) is 0.648. The Balaban J connectivity index is 0.00000113. The van der Waals surface area contributed by atoms with E-state index in [1.807, 2.05) is 30.3 Å². The quantitative estimate of drug-likeness (QED) is 0.845. The first kappa shape index (κ1) is 20.0. The summed E-state index contributed by atoms with van der Waals surface area (Å²) in [4.78, 5) is 17.6. The molecule has 1 amide bonds. The van der Waals surface area contributed by atoms with Gasteiger partial charge in [-0.1, -0.05) is 24.6 Å². The number of halogens is 2. The zero-order valence-corrected chi connectivity index (χ0v) is 15.7. The fourth-order valence-corrected chi connectivity index (χ4v) is 3.73. The molecule has 2 fully saturated rings. The van der Waals surface area contributed by atoms with Gasteiger partial charge in [0.1, 0.15) is 0 Å². The van der Waals surface area contributed by atoms with E-state index in [1.54, 1.807) is 0 Å². The predicted molar refractivity (Wildman–Crippen MR) is 106 cm³/mol. The van der Waals surface area contributed by atoms with Crippen LogP contribution < -0.4 is 11.1 Å². The molecule has 3 N–H and O–H groups in total. The summed E-state index contributed by atoms with van der Waals surface area (Å²) in [6.07, 6.45) is 5.67. The molecule has 1 aromatic heterocycles. The molecule has 2 saturated carbocycles. The Morgan fingerprint density at radius 1 is 1.16 bits per heavy atom. The molecule has 2 unspecified atom stereocenters. The van der Waals surface area contributed by atoms with Crippen molar-refractivity contribution < 1.29 is 4.79 Å². The van der Waals surface area contributed by atoms with E-state index in [0.717, 1.165) is 41.4 Å². The third kappa shape index (κ3) is 4.08. The van der Waals surface area contributed by atoms with E-state index >= 15 is 0 Å². The molecule has 0 bridgehead atoms. The fraction of sp³-hybridized carbons (Fsp3) is 0.474. The van der Waals surface area contributed by atoms with Gasteiger partial charge in [-0.15, -0.1) is 24.8 Å². The van der Waals surface area contributed by atoms with Crippen molar-refractivity contribution in [3.05, 3.63) is 41.6 Å². The lowest BCUT2D eigenvalue weighted by atomic mass is 10.0. The number of rotatable bonds is 4. The van der Waals surface area contributed by atoms with Crippen LogP contribution >= 0.6 is 24.8 Å². The van der Waals surface area contributed by atoms with Gasteiger partial charge in [0.05, 0.1) is 11.1 Å². The summed E-state index contributed by atoms with van der Waals surface area (Å²) in [5.41, 5.74) is 8.59. The van der Waals surface area contributed by atoms with Crippen LogP contribution in [-0.2, 0) is 0 Å². The van der Waals surface area contributed by atoms with E-state index < -0.39 is 0 Å². The number of para-hydroxylation sites is 1. The zero-order chi connectivity index (χ0) is 15.8. The normalized spacial score (nSPS) is 22.1. The van der Waals surface area contributed by atoms with Crippen molar-refractivity contribution in [2.24, 2.45) is 11.7 Å². The first-order valence-corrected chi connectivity index (χ1v) is 8.67. The average Bonchev–Trinajstić information content (AvgIpc) is 3.34. The van der Waals surface area contributed by atoms with Gasteiger partial charge in [-0.3, -0.25) is 9.78 Å². The number of hydrogen-bond acceptors (Lipinski definition) is 3. The van der Waals surface area contributed by atoms with Crippen LogP contribution in [0.4, 0.5) is 0 Å². The summed E-state index contributed by atoms with van der Waals surface area (Å²) < 4.78 is 0. The smallest absolute Gasteiger partial charge is 0.252 e. The molecule has 2 atom stereocenters. The number of amides is 1. The number of fused-ring (bicyclic) bond motifs is 1.